The van der Waals surface area contributed by atoms with Gasteiger partial charge in [-0.05, 0) is 50.8 Å². The third-order valence-corrected chi connectivity index (χ3v) is 7.45. The number of aryl methyl sites for hydroxylation is 1. The molecule has 1 aromatic rings. The Bertz CT molecular complexity index is 909. The van der Waals surface area contributed by atoms with Gasteiger partial charge in [-0.3, -0.25) is 14.5 Å². The van der Waals surface area contributed by atoms with Crippen molar-refractivity contribution in [1.29, 1.82) is 0 Å². The van der Waals surface area contributed by atoms with Crippen molar-refractivity contribution in [2.75, 3.05) is 24.2 Å². The average molecular weight is 422 g/mol. The quantitative estimate of drug-likeness (QED) is 0.807. The molecule has 0 bridgehead atoms. The zero-order valence-corrected chi connectivity index (χ0v) is 18.5. The van der Waals surface area contributed by atoms with Crippen LogP contribution in [0.5, 0.6) is 0 Å². The summed E-state index contributed by atoms with van der Waals surface area (Å²) in [5.41, 5.74) is 1.25. The SMILES string of the molecule is Cc1cccc(N2C(=O)CN(S(C)(=O)=O)CC2(C)C(=O)NC2CCCCC2)c1C. The van der Waals surface area contributed by atoms with Crippen molar-refractivity contribution < 1.29 is 18.0 Å². The van der Waals surface area contributed by atoms with Crippen LogP contribution in [-0.2, 0) is 19.6 Å². The van der Waals surface area contributed by atoms with Crippen LogP contribution in [0.15, 0.2) is 18.2 Å². The van der Waals surface area contributed by atoms with Gasteiger partial charge in [0.15, 0.2) is 0 Å². The number of hydrogen-bond acceptors (Lipinski definition) is 4. The fourth-order valence-electron chi connectivity index (χ4n) is 4.34. The summed E-state index contributed by atoms with van der Waals surface area (Å²) in [7, 11) is -3.61. The Hall–Kier alpha value is -1.93. The molecule has 7 nitrogen and oxygen atoms in total. The minimum Gasteiger partial charge on any atom is -0.351 e. The van der Waals surface area contributed by atoms with Crippen molar-refractivity contribution in [3.8, 4) is 0 Å². The number of sulfonamides is 1. The monoisotopic (exact) mass is 421 g/mol. The largest absolute Gasteiger partial charge is 0.351 e. The molecule has 1 heterocycles. The first-order valence-electron chi connectivity index (χ1n) is 10.2. The number of carbonyl (C=O) groups is 2. The number of anilines is 1. The highest BCUT2D eigenvalue weighted by Gasteiger charge is 2.51. The maximum Gasteiger partial charge on any atom is 0.247 e. The number of rotatable bonds is 4. The Labute approximate surface area is 173 Å². The van der Waals surface area contributed by atoms with Crippen molar-refractivity contribution in [3.63, 3.8) is 0 Å². The Balaban J connectivity index is 2.02. The first-order chi connectivity index (χ1) is 13.5. The number of amides is 2. The van der Waals surface area contributed by atoms with Crippen LogP contribution < -0.4 is 10.2 Å². The van der Waals surface area contributed by atoms with Gasteiger partial charge in [0.05, 0.1) is 12.8 Å². The summed E-state index contributed by atoms with van der Waals surface area (Å²) in [6, 6.07) is 5.70. The van der Waals surface area contributed by atoms with Crippen LogP contribution in [-0.4, -0.2) is 55.5 Å². The molecule has 1 atom stereocenters. The molecule has 1 aliphatic heterocycles. The van der Waals surface area contributed by atoms with E-state index in [2.05, 4.69) is 5.32 Å². The number of carbonyl (C=O) groups excluding carboxylic acids is 2. The highest BCUT2D eigenvalue weighted by atomic mass is 32.2. The third-order valence-electron chi connectivity index (χ3n) is 6.25. The predicted octanol–water partition coefficient (Wildman–Crippen LogP) is 2.12. The Morgan fingerprint density at radius 2 is 1.83 bits per heavy atom. The molecule has 2 fully saturated rings. The first kappa shape index (κ1) is 21.8. The van der Waals surface area contributed by atoms with E-state index < -0.39 is 21.5 Å². The lowest BCUT2D eigenvalue weighted by Gasteiger charge is -2.47. The summed E-state index contributed by atoms with van der Waals surface area (Å²) in [6.07, 6.45) is 6.20. The molecule has 0 spiro atoms. The van der Waals surface area contributed by atoms with Crippen LogP contribution in [0.1, 0.15) is 50.2 Å². The second-order valence-electron chi connectivity index (χ2n) is 8.56. The number of piperazine rings is 1. The van der Waals surface area contributed by atoms with Gasteiger partial charge in [0.25, 0.3) is 0 Å². The maximum atomic E-state index is 13.5. The number of hydrogen-bond donors (Lipinski definition) is 1. The zero-order valence-electron chi connectivity index (χ0n) is 17.7. The lowest BCUT2D eigenvalue weighted by molar-refractivity contribution is -0.133. The van der Waals surface area contributed by atoms with E-state index in [9.17, 15) is 18.0 Å². The summed E-state index contributed by atoms with van der Waals surface area (Å²) in [6.45, 7) is 5.21. The maximum absolute atomic E-state index is 13.5. The smallest absolute Gasteiger partial charge is 0.247 e. The minimum absolute atomic E-state index is 0.0660. The van der Waals surface area contributed by atoms with Crippen molar-refractivity contribution in [1.82, 2.24) is 9.62 Å². The summed E-state index contributed by atoms with van der Waals surface area (Å²) < 4.78 is 25.5. The molecule has 1 N–H and O–H groups in total. The van der Waals surface area contributed by atoms with E-state index >= 15 is 0 Å². The van der Waals surface area contributed by atoms with Crippen LogP contribution in [0.2, 0.25) is 0 Å². The van der Waals surface area contributed by atoms with Crippen LogP contribution in [0.4, 0.5) is 5.69 Å². The molecule has 1 unspecified atom stereocenters. The summed E-state index contributed by atoms with van der Waals surface area (Å²) in [5, 5.41) is 3.10. The van der Waals surface area contributed by atoms with Crippen molar-refractivity contribution in [3.05, 3.63) is 29.3 Å². The molecule has 2 aliphatic rings. The normalized spacial score (nSPS) is 24.6. The Morgan fingerprint density at radius 1 is 1.17 bits per heavy atom. The van der Waals surface area contributed by atoms with Crippen molar-refractivity contribution >= 4 is 27.5 Å². The summed E-state index contributed by atoms with van der Waals surface area (Å²) in [4.78, 5) is 28.1. The molecule has 0 aromatic heterocycles. The van der Waals surface area contributed by atoms with Gasteiger partial charge in [0, 0.05) is 18.3 Å². The highest BCUT2D eigenvalue weighted by Crippen LogP contribution is 2.34. The summed E-state index contributed by atoms with van der Waals surface area (Å²) in [5.74, 6) is -0.691. The van der Waals surface area contributed by atoms with Crippen molar-refractivity contribution in [2.45, 2.75) is 64.5 Å². The molecule has 0 radical (unpaired) electrons. The molecular weight excluding hydrogens is 390 g/mol. The number of nitrogens with zero attached hydrogens (tertiary/aromatic N) is 2. The molecule has 29 heavy (non-hydrogen) atoms. The van der Waals surface area contributed by atoms with Gasteiger partial charge in [0.1, 0.15) is 5.54 Å². The van der Waals surface area contributed by atoms with Gasteiger partial charge in [0.2, 0.25) is 21.8 Å². The predicted molar refractivity (Wildman–Crippen MR) is 113 cm³/mol. The van der Waals surface area contributed by atoms with Gasteiger partial charge in [-0.2, -0.15) is 4.31 Å². The topological polar surface area (TPSA) is 86.8 Å². The fraction of sp³-hybridized carbons (Fsp3) is 0.619. The molecule has 160 valence electrons. The Morgan fingerprint density at radius 3 is 2.45 bits per heavy atom. The molecule has 2 amide bonds. The average Bonchev–Trinajstić information content (AvgIpc) is 2.64. The van der Waals surface area contributed by atoms with Gasteiger partial charge in [-0.25, -0.2) is 8.42 Å². The van der Waals surface area contributed by atoms with E-state index in [1.165, 1.54) is 11.3 Å². The van der Waals surface area contributed by atoms with Crippen LogP contribution >= 0.6 is 0 Å². The summed E-state index contributed by atoms with van der Waals surface area (Å²) >= 11 is 0. The van der Waals surface area contributed by atoms with E-state index in [1.54, 1.807) is 6.92 Å². The second kappa shape index (κ2) is 8.07. The molecular formula is C21H31N3O4S. The van der Waals surface area contributed by atoms with Crippen LogP contribution in [0, 0.1) is 13.8 Å². The number of nitrogens with one attached hydrogen (secondary N) is 1. The Kier molecular flexibility index (Phi) is 6.06. The van der Waals surface area contributed by atoms with Gasteiger partial charge in [-0.15, -0.1) is 0 Å². The van der Waals surface area contributed by atoms with Crippen LogP contribution in [0.25, 0.3) is 0 Å². The van der Waals surface area contributed by atoms with E-state index in [4.69, 9.17) is 0 Å². The molecule has 3 rings (SSSR count). The van der Waals surface area contributed by atoms with E-state index in [-0.39, 0.29) is 25.0 Å². The molecule has 1 saturated heterocycles. The lowest BCUT2D eigenvalue weighted by Crippen LogP contribution is -2.70. The lowest BCUT2D eigenvalue weighted by atomic mass is 9.90. The van der Waals surface area contributed by atoms with E-state index in [0.717, 1.165) is 47.4 Å². The fourth-order valence-corrected chi connectivity index (χ4v) is 5.17. The van der Waals surface area contributed by atoms with Crippen molar-refractivity contribution in [2.24, 2.45) is 0 Å². The van der Waals surface area contributed by atoms with Gasteiger partial charge >= 0.3 is 0 Å². The molecule has 1 saturated carbocycles. The zero-order chi connectivity index (χ0) is 21.4. The minimum atomic E-state index is -3.61. The third kappa shape index (κ3) is 4.33. The van der Waals surface area contributed by atoms with E-state index in [0.29, 0.717) is 5.69 Å². The number of benzene rings is 1. The molecule has 8 heteroatoms. The standard InChI is InChI=1S/C21H31N3O4S/c1-15-9-8-12-18(16(15)2)24-19(25)13-23(29(4,27)28)14-21(24,3)20(26)22-17-10-6-5-7-11-17/h8-9,12,17H,5-7,10-11,13-14H2,1-4H3,(H,22,26). The highest BCUT2D eigenvalue weighted by molar-refractivity contribution is 7.88. The first-order valence-corrected chi connectivity index (χ1v) is 12.0. The van der Waals surface area contributed by atoms with E-state index in [1.807, 2.05) is 32.0 Å². The molecule has 1 aromatic carbocycles. The van der Waals surface area contributed by atoms with Crippen LogP contribution in [0.3, 0.4) is 0 Å². The second-order valence-corrected chi connectivity index (χ2v) is 10.5. The van der Waals surface area contributed by atoms with Gasteiger partial charge in [-0.1, -0.05) is 31.4 Å². The van der Waals surface area contributed by atoms with Gasteiger partial charge < -0.3 is 5.32 Å². The molecule has 1 aliphatic carbocycles.